The van der Waals surface area contributed by atoms with Crippen LogP contribution in [-0.4, -0.2) is 39.7 Å². The zero-order chi connectivity index (χ0) is 22.6. The van der Waals surface area contributed by atoms with Crippen LogP contribution in [0.1, 0.15) is 69.1 Å². The zero-order valence-electron chi connectivity index (χ0n) is 18.4. The van der Waals surface area contributed by atoms with Gasteiger partial charge in [-0.3, -0.25) is 9.59 Å². The van der Waals surface area contributed by atoms with Crippen LogP contribution in [0.3, 0.4) is 0 Å². The Labute approximate surface area is 190 Å². The molecule has 0 heterocycles. The first-order valence-corrected chi connectivity index (χ1v) is 11.9. The van der Waals surface area contributed by atoms with Crippen molar-refractivity contribution in [3.63, 3.8) is 0 Å². The van der Waals surface area contributed by atoms with Gasteiger partial charge in [-0.05, 0) is 61.1 Å². The summed E-state index contributed by atoms with van der Waals surface area (Å²) in [6.45, 7) is 3.80. The van der Waals surface area contributed by atoms with E-state index in [1.807, 2.05) is 26.0 Å². The van der Waals surface area contributed by atoms with Crippen LogP contribution in [0.2, 0.25) is 0 Å². The molecule has 31 heavy (non-hydrogen) atoms. The Kier molecular flexibility index (Phi) is 7.68. The molecule has 0 spiro atoms. The second-order valence-corrected chi connectivity index (χ2v) is 9.85. The highest BCUT2D eigenvalue weighted by Gasteiger charge is 2.44. The van der Waals surface area contributed by atoms with Gasteiger partial charge < -0.3 is 15.7 Å². The van der Waals surface area contributed by atoms with Crippen molar-refractivity contribution in [2.45, 2.75) is 88.5 Å². The minimum atomic E-state index is -1.06. The predicted molar refractivity (Wildman–Crippen MR) is 123 cm³/mol. The van der Waals surface area contributed by atoms with Crippen molar-refractivity contribution in [1.82, 2.24) is 10.6 Å². The molecular weight excluding hydrogens is 412 g/mol. The molecule has 0 unspecified atom stereocenters. The highest BCUT2D eigenvalue weighted by atomic mass is 32.1. The molecule has 3 rings (SSSR count). The Morgan fingerprint density at radius 1 is 1.10 bits per heavy atom. The van der Waals surface area contributed by atoms with Gasteiger partial charge in [-0.2, -0.15) is 12.6 Å². The summed E-state index contributed by atoms with van der Waals surface area (Å²) >= 11 is 4.38. The number of carboxylic acids is 1. The molecule has 1 saturated carbocycles. The zero-order valence-corrected chi connectivity index (χ0v) is 19.3. The lowest BCUT2D eigenvalue weighted by atomic mass is 9.86. The van der Waals surface area contributed by atoms with Crippen molar-refractivity contribution in [3.8, 4) is 0 Å². The van der Waals surface area contributed by atoms with E-state index in [9.17, 15) is 19.5 Å². The fraction of sp³-hybridized carbons (Fsp3) is 0.625. The van der Waals surface area contributed by atoms with Crippen molar-refractivity contribution in [2.75, 3.05) is 0 Å². The SMILES string of the molecule is CC(C)[C@H](S)C(=O)NC1(C(=O)N[C@@H](Cc2cccc3c2CCCC3)C(=O)O)CCCC1. The second kappa shape index (κ2) is 10.1. The summed E-state index contributed by atoms with van der Waals surface area (Å²) in [5.41, 5.74) is 2.45. The van der Waals surface area contributed by atoms with Crippen molar-refractivity contribution in [1.29, 1.82) is 0 Å². The van der Waals surface area contributed by atoms with Crippen LogP contribution in [0, 0.1) is 5.92 Å². The van der Waals surface area contributed by atoms with Crippen LogP contribution in [0.15, 0.2) is 18.2 Å². The van der Waals surface area contributed by atoms with Crippen molar-refractivity contribution in [3.05, 3.63) is 34.9 Å². The van der Waals surface area contributed by atoms with E-state index < -0.39 is 28.7 Å². The summed E-state index contributed by atoms with van der Waals surface area (Å²) in [6, 6.07) is 5.01. The molecule has 0 bridgehead atoms. The standard InChI is InChI=1S/C24H34N2O4S/c1-15(2)20(31)21(27)26-24(12-5-6-13-24)23(30)25-19(22(28)29)14-17-10-7-9-16-8-3-4-11-18(16)17/h7,9-10,15,19-20,31H,3-6,8,11-14H2,1-2H3,(H,25,30)(H,26,27)(H,28,29)/t19-,20-/m0/s1. The summed E-state index contributed by atoms with van der Waals surface area (Å²) in [4.78, 5) is 37.9. The Hall–Kier alpha value is -2.02. The molecule has 2 aliphatic rings. The van der Waals surface area contributed by atoms with E-state index in [2.05, 4.69) is 29.3 Å². The number of fused-ring (bicyclic) bond motifs is 1. The third kappa shape index (κ3) is 5.43. The number of benzene rings is 1. The molecular formula is C24H34N2O4S. The molecule has 0 aromatic heterocycles. The van der Waals surface area contributed by atoms with Crippen LogP contribution in [0.4, 0.5) is 0 Å². The maximum absolute atomic E-state index is 13.3. The number of carbonyl (C=O) groups excluding carboxylic acids is 2. The number of aliphatic carboxylic acids is 1. The van der Waals surface area contributed by atoms with Crippen LogP contribution in [0.5, 0.6) is 0 Å². The van der Waals surface area contributed by atoms with Gasteiger partial charge in [0.15, 0.2) is 0 Å². The van der Waals surface area contributed by atoms with Crippen LogP contribution >= 0.6 is 12.6 Å². The third-order valence-electron chi connectivity index (χ3n) is 6.67. The van der Waals surface area contributed by atoms with Gasteiger partial charge in [0.05, 0.1) is 5.25 Å². The van der Waals surface area contributed by atoms with E-state index in [-0.39, 0.29) is 18.2 Å². The summed E-state index contributed by atoms with van der Waals surface area (Å²) in [5.74, 6) is -1.71. The molecule has 170 valence electrons. The van der Waals surface area contributed by atoms with Gasteiger partial charge in [0.25, 0.3) is 0 Å². The highest BCUT2D eigenvalue weighted by molar-refractivity contribution is 7.81. The molecule has 6 nitrogen and oxygen atoms in total. The summed E-state index contributed by atoms with van der Waals surface area (Å²) < 4.78 is 0. The topological polar surface area (TPSA) is 95.5 Å². The first kappa shape index (κ1) is 23.6. The van der Waals surface area contributed by atoms with E-state index in [0.29, 0.717) is 12.8 Å². The number of thiol groups is 1. The highest BCUT2D eigenvalue weighted by Crippen LogP contribution is 2.31. The fourth-order valence-electron chi connectivity index (χ4n) is 4.77. The molecule has 1 fully saturated rings. The second-order valence-electron chi connectivity index (χ2n) is 9.30. The van der Waals surface area contributed by atoms with Crippen LogP contribution in [-0.2, 0) is 33.6 Å². The number of nitrogens with one attached hydrogen (secondary N) is 2. The average Bonchev–Trinajstić information content (AvgIpc) is 3.22. The third-order valence-corrected chi connectivity index (χ3v) is 7.51. The van der Waals surface area contributed by atoms with E-state index in [4.69, 9.17) is 0 Å². The minimum absolute atomic E-state index is 0.0286. The Bertz CT molecular complexity index is 833. The summed E-state index contributed by atoms with van der Waals surface area (Å²) in [5, 5.41) is 15.0. The molecule has 2 atom stereocenters. The number of carbonyl (C=O) groups is 3. The molecule has 0 aliphatic heterocycles. The lowest BCUT2D eigenvalue weighted by Gasteiger charge is -2.32. The smallest absolute Gasteiger partial charge is 0.326 e. The van der Waals surface area contributed by atoms with Gasteiger partial charge in [-0.1, -0.05) is 44.9 Å². The average molecular weight is 447 g/mol. The van der Waals surface area contributed by atoms with Crippen molar-refractivity contribution >= 4 is 30.4 Å². The molecule has 3 N–H and O–H groups in total. The maximum atomic E-state index is 13.3. The van der Waals surface area contributed by atoms with E-state index >= 15 is 0 Å². The number of hydrogen-bond donors (Lipinski definition) is 4. The Morgan fingerprint density at radius 2 is 1.77 bits per heavy atom. The monoisotopic (exact) mass is 446 g/mol. The van der Waals surface area contributed by atoms with E-state index in [0.717, 1.165) is 44.1 Å². The normalized spacial score (nSPS) is 19.4. The molecule has 0 radical (unpaired) electrons. The number of hydrogen-bond acceptors (Lipinski definition) is 4. The minimum Gasteiger partial charge on any atom is -0.480 e. The Morgan fingerprint density at radius 3 is 2.42 bits per heavy atom. The maximum Gasteiger partial charge on any atom is 0.326 e. The van der Waals surface area contributed by atoms with Gasteiger partial charge in [0.2, 0.25) is 11.8 Å². The molecule has 7 heteroatoms. The molecule has 1 aromatic rings. The number of rotatable bonds is 8. The first-order chi connectivity index (χ1) is 14.7. The number of carboxylic acid groups (broad SMARTS) is 1. The van der Waals surface area contributed by atoms with Gasteiger partial charge in [-0.25, -0.2) is 4.79 Å². The van der Waals surface area contributed by atoms with Gasteiger partial charge in [-0.15, -0.1) is 0 Å². The fourth-order valence-corrected chi connectivity index (χ4v) is 4.83. The summed E-state index contributed by atoms with van der Waals surface area (Å²) in [6.07, 6.45) is 7.12. The molecule has 2 aliphatic carbocycles. The van der Waals surface area contributed by atoms with Gasteiger partial charge in [0.1, 0.15) is 11.6 Å². The Balaban J connectivity index is 1.76. The first-order valence-electron chi connectivity index (χ1n) is 11.4. The number of amides is 2. The van der Waals surface area contributed by atoms with Crippen LogP contribution in [0.25, 0.3) is 0 Å². The quantitative estimate of drug-likeness (QED) is 0.462. The van der Waals surface area contributed by atoms with Crippen molar-refractivity contribution in [2.24, 2.45) is 5.92 Å². The summed E-state index contributed by atoms with van der Waals surface area (Å²) in [7, 11) is 0. The van der Waals surface area contributed by atoms with Gasteiger partial charge >= 0.3 is 5.97 Å². The predicted octanol–water partition coefficient (Wildman–Crippen LogP) is 3.06. The largest absolute Gasteiger partial charge is 0.480 e. The van der Waals surface area contributed by atoms with E-state index in [1.165, 1.54) is 11.1 Å². The lowest BCUT2D eigenvalue weighted by Crippen LogP contribution is -2.61. The molecule has 1 aromatic carbocycles. The molecule has 2 amide bonds. The lowest BCUT2D eigenvalue weighted by molar-refractivity contribution is -0.143. The number of aryl methyl sites for hydroxylation is 1. The van der Waals surface area contributed by atoms with E-state index in [1.54, 1.807) is 0 Å². The van der Waals surface area contributed by atoms with Crippen LogP contribution < -0.4 is 10.6 Å². The van der Waals surface area contributed by atoms with Crippen molar-refractivity contribution < 1.29 is 19.5 Å². The van der Waals surface area contributed by atoms with Gasteiger partial charge in [0, 0.05) is 6.42 Å². The molecule has 0 saturated heterocycles.